The average molecular weight is 416 g/mol. The van der Waals surface area contributed by atoms with Gasteiger partial charge in [0.2, 0.25) is 5.91 Å². The molecule has 1 aliphatic rings. The van der Waals surface area contributed by atoms with Gasteiger partial charge in [-0.15, -0.1) is 11.3 Å². The van der Waals surface area contributed by atoms with Gasteiger partial charge in [-0.1, -0.05) is 13.3 Å². The number of benzene rings is 1. The summed E-state index contributed by atoms with van der Waals surface area (Å²) in [5.74, 6) is -0.256. The molecule has 29 heavy (non-hydrogen) atoms. The van der Waals surface area contributed by atoms with Gasteiger partial charge in [0.25, 0.3) is 0 Å². The highest BCUT2D eigenvalue weighted by atomic mass is 32.1. The molecule has 1 aromatic heterocycles. The smallest absolute Gasteiger partial charge is 0.338 e. The number of thiazole rings is 1. The minimum atomic E-state index is -0.320. The number of nitrogens with one attached hydrogen (secondary N) is 1. The summed E-state index contributed by atoms with van der Waals surface area (Å²) in [5.41, 5.74) is 2.33. The van der Waals surface area contributed by atoms with Gasteiger partial charge >= 0.3 is 5.97 Å². The minimum absolute atomic E-state index is 0.0158. The van der Waals surface area contributed by atoms with Crippen LogP contribution in [0.15, 0.2) is 29.6 Å². The van der Waals surface area contributed by atoms with Crippen LogP contribution in [0.2, 0.25) is 0 Å². The molecule has 1 aromatic carbocycles. The highest BCUT2D eigenvalue weighted by Crippen LogP contribution is 2.22. The van der Waals surface area contributed by atoms with Crippen LogP contribution in [0.25, 0.3) is 0 Å². The number of rotatable bonds is 8. The number of esters is 1. The van der Waals surface area contributed by atoms with E-state index in [1.807, 2.05) is 6.92 Å². The Kier molecular flexibility index (Phi) is 7.77. The number of carbonyl (C=O) groups is 2. The maximum Gasteiger partial charge on any atom is 0.338 e. The van der Waals surface area contributed by atoms with Gasteiger partial charge in [-0.2, -0.15) is 0 Å². The van der Waals surface area contributed by atoms with E-state index >= 15 is 0 Å². The Morgan fingerprint density at radius 3 is 2.59 bits per heavy atom. The number of likely N-dealkylation sites (tertiary alicyclic amines) is 1. The van der Waals surface area contributed by atoms with Gasteiger partial charge in [0.15, 0.2) is 0 Å². The van der Waals surface area contributed by atoms with E-state index < -0.39 is 0 Å². The summed E-state index contributed by atoms with van der Waals surface area (Å²) in [5, 5.41) is 6.18. The molecule has 0 aliphatic carbocycles. The fourth-order valence-corrected chi connectivity index (χ4v) is 3.99. The Bertz CT molecular complexity index is 811. The molecule has 0 atom stereocenters. The molecule has 2 heterocycles. The number of unbranched alkanes of at least 4 members (excludes halogenated alkanes) is 1. The van der Waals surface area contributed by atoms with Gasteiger partial charge in [0, 0.05) is 23.5 Å². The molecule has 0 saturated carbocycles. The highest BCUT2D eigenvalue weighted by molar-refractivity contribution is 7.09. The lowest BCUT2D eigenvalue weighted by molar-refractivity contribution is -0.121. The highest BCUT2D eigenvalue weighted by Gasteiger charge is 2.25. The molecule has 2 aromatic rings. The molecule has 3 rings (SSSR count). The molecule has 1 N–H and O–H groups in total. The first-order valence-corrected chi connectivity index (χ1v) is 11.1. The summed E-state index contributed by atoms with van der Waals surface area (Å²) in [6, 6.07) is 6.91. The lowest BCUT2D eigenvalue weighted by atomic mass is 9.95. The van der Waals surface area contributed by atoms with Crippen LogP contribution in [0.3, 0.4) is 0 Å². The van der Waals surface area contributed by atoms with E-state index in [-0.39, 0.29) is 17.8 Å². The van der Waals surface area contributed by atoms with Crippen molar-refractivity contribution in [1.29, 1.82) is 0 Å². The van der Waals surface area contributed by atoms with Crippen molar-refractivity contribution in [3.8, 4) is 0 Å². The number of carbonyl (C=O) groups excluding carboxylic acids is 2. The van der Waals surface area contributed by atoms with E-state index in [1.165, 1.54) is 0 Å². The third-order valence-electron chi connectivity index (χ3n) is 5.13. The fraction of sp³-hybridized carbons (Fsp3) is 0.500. The second-order valence-electron chi connectivity index (χ2n) is 7.46. The molecule has 1 saturated heterocycles. The number of hydrogen-bond acceptors (Lipinski definition) is 6. The molecular weight excluding hydrogens is 386 g/mol. The molecule has 6 nitrogen and oxygen atoms in total. The average Bonchev–Trinajstić information content (AvgIpc) is 3.13. The van der Waals surface area contributed by atoms with Crippen molar-refractivity contribution in [3.05, 3.63) is 45.9 Å². The first-order chi connectivity index (χ1) is 14.0. The number of aryl methyl sites for hydroxylation is 1. The molecule has 0 unspecified atom stereocenters. The maximum absolute atomic E-state index is 12.6. The van der Waals surface area contributed by atoms with E-state index in [4.69, 9.17) is 4.74 Å². The van der Waals surface area contributed by atoms with Crippen LogP contribution in [0.4, 0.5) is 5.69 Å². The zero-order valence-corrected chi connectivity index (χ0v) is 18.0. The van der Waals surface area contributed by atoms with Crippen molar-refractivity contribution in [2.24, 2.45) is 5.92 Å². The zero-order chi connectivity index (χ0) is 20.6. The standard InChI is InChI=1S/C22H29N3O3S/c1-3-4-13-28-22(27)18-5-7-19(8-6-18)24-21(26)17-9-11-25(12-10-17)14-20-15-29-16(2)23-20/h5-8,15,17H,3-4,9-14H2,1-2H3,(H,24,26). The number of anilines is 1. The minimum Gasteiger partial charge on any atom is -0.462 e. The van der Waals surface area contributed by atoms with E-state index in [0.717, 1.165) is 56.0 Å². The molecule has 0 spiro atoms. The number of ether oxygens (including phenoxy) is 1. The van der Waals surface area contributed by atoms with Crippen molar-refractivity contribution in [2.45, 2.75) is 46.1 Å². The summed E-state index contributed by atoms with van der Waals surface area (Å²) < 4.78 is 5.20. The van der Waals surface area contributed by atoms with Gasteiger partial charge < -0.3 is 10.1 Å². The normalized spacial score (nSPS) is 15.2. The number of aromatic nitrogens is 1. The van der Waals surface area contributed by atoms with Crippen LogP contribution < -0.4 is 5.32 Å². The van der Waals surface area contributed by atoms with Gasteiger partial charge in [-0.25, -0.2) is 9.78 Å². The molecule has 1 aliphatic heterocycles. The fourth-order valence-electron chi connectivity index (χ4n) is 3.39. The monoisotopic (exact) mass is 415 g/mol. The Morgan fingerprint density at radius 1 is 1.24 bits per heavy atom. The Morgan fingerprint density at radius 2 is 1.97 bits per heavy atom. The second kappa shape index (κ2) is 10.5. The molecule has 0 radical (unpaired) electrons. The first-order valence-electron chi connectivity index (χ1n) is 10.3. The largest absolute Gasteiger partial charge is 0.462 e. The van der Waals surface area contributed by atoms with Crippen LogP contribution in [0.5, 0.6) is 0 Å². The predicted molar refractivity (Wildman–Crippen MR) is 115 cm³/mol. The van der Waals surface area contributed by atoms with E-state index in [2.05, 4.69) is 27.5 Å². The second-order valence-corrected chi connectivity index (χ2v) is 8.53. The van der Waals surface area contributed by atoms with Crippen LogP contribution in [0, 0.1) is 12.8 Å². The van der Waals surface area contributed by atoms with Crippen molar-refractivity contribution in [2.75, 3.05) is 25.0 Å². The Hall–Kier alpha value is -2.25. The SMILES string of the molecule is CCCCOC(=O)c1ccc(NC(=O)C2CCN(Cc3csc(C)n3)CC2)cc1. The Balaban J connectivity index is 1.44. The third-order valence-corrected chi connectivity index (χ3v) is 5.95. The third kappa shape index (κ3) is 6.37. The van der Waals surface area contributed by atoms with Crippen molar-refractivity contribution < 1.29 is 14.3 Å². The summed E-state index contributed by atoms with van der Waals surface area (Å²) in [4.78, 5) is 31.4. The maximum atomic E-state index is 12.6. The summed E-state index contributed by atoms with van der Waals surface area (Å²) in [6.07, 6.45) is 3.54. The molecule has 7 heteroatoms. The molecular formula is C22H29N3O3S. The number of hydrogen-bond donors (Lipinski definition) is 1. The lowest BCUT2D eigenvalue weighted by Gasteiger charge is -2.30. The quantitative estimate of drug-likeness (QED) is 0.515. The number of nitrogens with zero attached hydrogens (tertiary/aromatic N) is 2. The van der Waals surface area contributed by atoms with Gasteiger partial charge in [0.1, 0.15) is 0 Å². The number of piperidine rings is 1. The molecule has 1 amide bonds. The molecule has 156 valence electrons. The topological polar surface area (TPSA) is 71.5 Å². The van der Waals surface area contributed by atoms with Crippen molar-refractivity contribution >= 4 is 28.9 Å². The van der Waals surface area contributed by atoms with Crippen molar-refractivity contribution in [3.63, 3.8) is 0 Å². The van der Waals surface area contributed by atoms with E-state index in [0.29, 0.717) is 17.9 Å². The molecule has 1 fully saturated rings. The van der Waals surface area contributed by atoms with Crippen molar-refractivity contribution in [1.82, 2.24) is 9.88 Å². The first kappa shape index (κ1) is 21.5. The van der Waals surface area contributed by atoms with Crippen LogP contribution in [-0.2, 0) is 16.1 Å². The molecule has 0 bridgehead atoms. The van der Waals surface area contributed by atoms with Gasteiger partial charge in [0.05, 0.1) is 22.9 Å². The lowest BCUT2D eigenvalue weighted by Crippen LogP contribution is -2.37. The zero-order valence-electron chi connectivity index (χ0n) is 17.1. The van der Waals surface area contributed by atoms with E-state index in [9.17, 15) is 9.59 Å². The number of amides is 1. The summed E-state index contributed by atoms with van der Waals surface area (Å²) in [6.45, 7) is 7.17. The van der Waals surface area contributed by atoms with Gasteiger partial charge in [-0.05, 0) is 63.5 Å². The Labute approximate surface area is 176 Å². The van der Waals surface area contributed by atoms with E-state index in [1.54, 1.807) is 35.6 Å². The summed E-state index contributed by atoms with van der Waals surface area (Å²) >= 11 is 1.68. The van der Waals surface area contributed by atoms with Gasteiger partial charge in [-0.3, -0.25) is 9.69 Å². The van der Waals surface area contributed by atoms with Crippen LogP contribution in [-0.4, -0.2) is 41.5 Å². The van der Waals surface area contributed by atoms with Crippen LogP contribution in [0.1, 0.15) is 53.7 Å². The van der Waals surface area contributed by atoms with Crippen LogP contribution >= 0.6 is 11.3 Å². The summed E-state index contributed by atoms with van der Waals surface area (Å²) in [7, 11) is 0. The predicted octanol–water partition coefficient (Wildman–Crippen LogP) is 4.26.